The summed E-state index contributed by atoms with van der Waals surface area (Å²) in [6, 6.07) is 13.4. The molecule has 0 aliphatic rings. The van der Waals surface area contributed by atoms with Crippen LogP contribution in [0.25, 0.3) is 0 Å². The van der Waals surface area contributed by atoms with Crippen LogP contribution in [0.4, 0.5) is 21.5 Å². The van der Waals surface area contributed by atoms with Crippen LogP contribution in [0.3, 0.4) is 0 Å². The van der Waals surface area contributed by atoms with Gasteiger partial charge in [-0.15, -0.1) is 0 Å². The summed E-state index contributed by atoms with van der Waals surface area (Å²) >= 11 is 0. The van der Waals surface area contributed by atoms with Gasteiger partial charge in [-0.1, -0.05) is 12.1 Å². The molecule has 2 aromatic carbocycles. The zero-order chi connectivity index (χ0) is 15.2. The molecule has 0 radical (unpaired) electrons. The summed E-state index contributed by atoms with van der Waals surface area (Å²) < 4.78 is 13.5. The first-order valence-electron chi connectivity index (χ1n) is 6.75. The molecule has 2 aromatic rings. The fraction of sp³-hybridized carbons (Fsp3) is 0.188. The average molecular weight is 287 g/mol. The number of nitrogens with zero attached hydrogens (tertiary/aromatic N) is 1. The van der Waals surface area contributed by atoms with Gasteiger partial charge in [0.25, 0.3) is 0 Å². The van der Waals surface area contributed by atoms with Gasteiger partial charge in [-0.25, -0.2) is 4.39 Å². The van der Waals surface area contributed by atoms with Crippen LogP contribution in [-0.2, 0) is 4.79 Å². The number of benzene rings is 2. The van der Waals surface area contributed by atoms with Gasteiger partial charge < -0.3 is 16.0 Å². The first-order valence-corrected chi connectivity index (χ1v) is 6.75. The molecule has 0 saturated carbocycles. The molecular weight excluding hydrogens is 269 g/mol. The predicted molar refractivity (Wildman–Crippen MR) is 83.8 cm³/mol. The van der Waals surface area contributed by atoms with Crippen LogP contribution in [0.2, 0.25) is 0 Å². The predicted octanol–water partition coefficient (Wildman–Crippen LogP) is 2.87. The van der Waals surface area contributed by atoms with Crippen molar-refractivity contribution in [1.82, 2.24) is 0 Å². The van der Waals surface area contributed by atoms with Gasteiger partial charge in [-0.05, 0) is 43.3 Å². The molecule has 0 fully saturated rings. The SMILES string of the molecule is CCN(CC(=O)Nc1ccccc1F)c1ccc(N)cc1. The lowest BCUT2D eigenvalue weighted by Crippen LogP contribution is -2.33. The molecule has 0 atom stereocenters. The molecule has 0 aliphatic carbocycles. The summed E-state index contributed by atoms with van der Waals surface area (Å²) in [6.45, 7) is 2.76. The van der Waals surface area contributed by atoms with E-state index in [0.717, 1.165) is 5.69 Å². The second-order valence-corrected chi connectivity index (χ2v) is 4.63. The van der Waals surface area contributed by atoms with Crippen molar-refractivity contribution in [2.24, 2.45) is 0 Å². The quantitative estimate of drug-likeness (QED) is 0.831. The van der Waals surface area contributed by atoms with E-state index in [2.05, 4.69) is 5.32 Å². The Morgan fingerprint density at radius 1 is 1.19 bits per heavy atom. The van der Waals surface area contributed by atoms with E-state index < -0.39 is 5.82 Å². The average Bonchev–Trinajstić information content (AvgIpc) is 2.48. The van der Waals surface area contributed by atoms with Crippen molar-refractivity contribution in [3.05, 3.63) is 54.3 Å². The molecule has 0 unspecified atom stereocenters. The number of halogens is 1. The fourth-order valence-electron chi connectivity index (χ4n) is 2.00. The number of amides is 1. The third-order valence-electron chi connectivity index (χ3n) is 3.12. The molecule has 4 nitrogen and oxygen atoms in total. The van der Waals surface area contributed by atoms with Gasteiger partial charge in [0.1, 0.15) is 5.82 Å². The van der Waals surface area contributed by atoms with E-state index >= 15 is 0 Å². The minimum atomic E-state index is -0.443. The molecule has 2 rings (SSSR count). The number of hydrogen-bond donors (Lipinski definition) is 2. The molecular formula is C16H18FN3O. The van der Waals surface area contributed by atoms with E-state index in [-0.39, 0.29) is 18.1 Å². The number of nitrogen functional groups attached to an aromatic ring is 1. The number of carbonyl (C=O) groups excluding carboxylic acids is 1. The molecule has 0 spiro atoms. The van der Waals surface area contributed by atoms with Crippen molar-refractivity contribution in [2.45, 2.75) is 6.92 Å². The van der Waals surface area contributed by atoms with Crippen LogP contribution in [-0.4, -0.2) is 19.0 Å². The highest BCUT2D eigenvalue weighted by Crippen LogP contribution is 2.17. The third-order valence-corrected chi connectivity index (χ3v) is 3.12. The molecule has 5 heteroatoms. The Morgan fingerprint density at radius 3 is 2.48 bits per heavy atom. The summed E-state index contributed by atoms with van der Waals surface area (Å²) in [5.41, 5.74) is 7.41. The van der Waals surface area contributed by atoms with Crippen LogP contribution in [0, 0.1) is 5.82 Å². The van der Waals surface area contributed by atoms with Crippen LogP contribution in [0.5, 0.6) is 0 Å². The van der Waals surface area contributed by atoms with Crippen LogP contribution < -0.4 is 16.0 Å². The Bertz CT molecular complexity index is 613. The lowest BCUT2D eigenvalue weighted by molar-refractivity contribution is -0.115. The Balaban J connectivity index is 2.03. The molecule has 0 saturated heterocycles. The minimum absolute atomic E-state index is 0.148. The number of nitrogens with two attached hydrogens (primary N) is 1. The Hall–Kier alpha value is -2.56. The first-order chi connectivity index (χ1) is 10.1. The zero-order valence-electron chi connectivity index (χ0n) is 11.8. The summed E-state index contributed by atoms with van der Waals surface area (Å²) in [6.07, 6.45) is 0. The van der Waals surface area contributed by atoms with Crippen molar-refractivity contribution in [1.29, 1.82) is 0 Å². The topological polar surface area (TPSA) is 58.4 Å². The van der Waals surface area contributed by atoms with Gasteiger partial charge in [-0.3, -0.25) is 4.79 Å². The second kappa shape index (κ2) is 6.74. The maximum absolute atomic E-state index is 13.5. The van der Waals surface area contributed by atoms with Gasteiger partial charge in [0.2, 0.25) is 5.91 Å². The number of hydrogen-bond acceptors (Lipinski definition) is 3. The van der Waals surface area contributed by atoms with Gasteiger partial charge in [-0.2, -0.15) is 0 Å². The monoisotopic (exact) mass is 287 g/mol. The highest BCUT2D eigenvalue weighted by Gasteiger charge is 2.11. The molecule has 0 heterocycles. The number of nitrogens with one attached hydrogen (secondary N) is 1. The van der Waals surface area contributed by atoms with E-state index in [4.69, 9.17) is 5.73 Å². The van der Waals surface area contributed by atoms with E-state index in [1.54, 1.807) is 24.3 Å². The summed E-state index contributed by atoms with van der Waals surface area (Å²) in [7, 11) is 0. The van der Waals surface area contributed by atoms with Crippen LogP contribution in [0.15, 0.2) is 48.5 Å². The maximum atomic E-state index is 13.5. The smallest absolute Gasteiger partial charge is 0.243 e. The normalized spacial score (nSPS) is 10.2. The largest absolute Gasteiger partial charge is 0.399 e. The Labute approximate surface area is 123 Å². The number of rotatable bonds is 5. The molecule has 3 N–H and O–H groups in total. The van der Waals surface area contributed by atoms with Gasteiger partial charge in [0.05, 0.1) is 12.2 Å². The lowest BCUT2D eigenvalue weighted by Gasteiger charge is -2.22. The van der Waals surface area contributed by atoms with E-state index in [0.29, 0.717) is 12.2 Å². The van der Waals surface area contributed by atoms with Gasteiger partial charge >= 0.3 is 0 Å². The standard InChI is InChI=1S/C16H18FN3O/c1-2-20(13-9-7-12(18)8-10-13)11-16(21)19-15-6-4-3-5-14(15)17/h3-10H,2,11,18H2,1H3,(H,19,21). The summed E-state index contributed by atoms with van der Waals surface area (Å²) in [5, 5.41) is 2.58. The minimum Gasteiger partial charge on any atom is -0.399 e. The molecule has 21 heavy (non-hydrogen) atoms. The number of anilines is 3. The number of para-hydroxylation sites is 1. The van der Waals surface area contributed by atoms with Gasteiger partial charge in [0, 0.05) is 17.9 Å². The highest BCUT2D eigenvalue weighted by atomic mass is 19.1. The van der Waals surface area contributed by atoms with Crippen molar-refractivity contribution < 1.29 is 9.18 Å². The lowest BCUT2D eigenvalue weighted by atomic mass is 10.2. The van der Waals surface area contributed by atoms with Crippen molar-refractivity contribution in [3.63, 3.8) is 0 Å². The van der Waals surface area contributed by atoms with Gasteiger partial charge in [0.15, 0.2) is 0 Å². The zero-order valence-corrected chi connectivity index (χ0v) is 11.8. The van der Waals surface area contributed by atoms with E-state index in [9.17, 15) is 9.18 Å². The molecule has 0 aliphatic heterocycles. The molecule has 0 aromatic heterocycles. The third kappa shape index (κ3) is 3.95. The fourth-order valence-corrected chi connectivity index (χ4v) is 2.00. The second-order valence-electron chi connectivity index (χ2n) is 4.63. The first kappa shape index (κ1) is 14.8. The van der Waals surface area contributed by atoms with Crippen molar-refractivity contribution in [3.8, 4) is 0 Å². The summed E-state index contributed by atoms with van der Waals surface area (Å²) in [4.78, 5) is 13.9. The molecule has 0 bridgehead atoms. The molecule has 1 amide bonds. The number of likely N-dealkylation sites (N-methyl/N-ethyl adjacent to an activating group) is 1. The number of carbonyl (C=O) groups is 1. The highest BCUT2D eigenvalue weighted by molar-refractivity contribution is 5.94. The van der Waals surface area contributed by atoms with Crippen molar-refractivity contribution >= 4 is 23.0 Å². The van der Waals surface area contributed by atoms with E-state index in [1.807, 2.05) is 24.0 Å². The van der Waals surface area contributed by atoms with Crippen molar-refractivity contribution in [2.75, 3.05) is 29.0 Å². The Kier molecular flexibility index (Phi) is 4.77. The van der Waals surface area contributed by atoms with Crippen LogP contribution >= 0.6 is 0 Å². The molecule has 110 valence electrons. The van der Waals surface area contributed by atoms with E-state index in [1.165, 1.54) is 12.1 Å². The summed E-state index contributed by atoms with van der Waals surface area (Å²) in [5.74, 6) is -0.708. The maximum Gasteiger partial charge on any atom is 0.243 e. The Morgan fingerprint density at radius 2 is 1.86 bits per heavy atom. The van der Waals surface area contributed by atoms with Crippen LogP contribution in [0.1, 0.15) is 6.92 Å².